The van der Waals surface area contributed by atoms with E-state index < -0.39 is 23.5 Å². The van der Waals surface area contributed by atoms with Crippen molar-refractivity contribution in [3.05, 3.63) is 63.1 Å². The molecule has 2 aromatic carbocycles. The van der Waals surface area contributed by atoms with Gasteiger partial charge in [0.1, 0.15) is 17.3 Å². The summed E-state index contributed by atoms with van der Waals surface area (Å²) in [5.41, 5.74) is 0.648. The minimum atomic E-state index is -0.844. The molecule has 1 atom stereocenters. The Kier molecular flexibility index (Phi) is 7.66. The molecule has 2 aromatic rings. The summed E-state index contributed by atoms with van der Waals surface area (Å²) in [4.78, 5) is 27.3. The molecule has 0 radical (unpaired) electrons. The summed E-state index contributed by atoms with van der Waals surface area (Å²) in [5.74, 6) is -1.20. The van der Waals surface area contributed by atoms with Gasteiger partial charge in [-0.3, -0.25) is 9.59 Å². The zero-order chi connectivity index (χ0) is 23.4. The molecule has 1 unspecified atom stereocenters. The smallest absolute Gasteiger partial charge is 0.295 e. The summed E-state index contributed by atoms with van der Waals surface area (Å²) in [6.07, 6.45) is 0. The van der Waals surface area contributed by atoms with E-state index in [1.807, 2.05) is 6.92 Å². The van der Waals surface area contributed by atoms with Gasteiger partial charge in [0.15, 0.2) is 0 Å². The third-order valence-corrected chi connectivity index (χ3v) is 5.55. The minimum absolute atomic E-state index is 0.0908. The number of likely N-dealkylation sites (tertiary alicyclic amines) is 1. The van der Waals surface area contributed by atoms with Crippen LogP contribution < -0.4 is 9.47 Å². The minimum Gasteiger partial charge on any atom is -0.507 e. The van der Waals surface area contributed by atoms with Crippen molar-refractivity contribution in [2.24, 2.45) is 0 Å². The van der Waals surface area contributed by atoms with Crippen molar-refractivity contribution in [2.75, 3.05) is 34.0 Å². The van der Waals surface area contributed by atoms with Gasteiger partial charge in [-0.25, -0.2) is 0 Å². The molecular weight excluding hydrogens is 457 g/mol. The van der Waals surface area contributed by atoms with Gasteiger partial charge in [0, 0.05) is 18.7 Å². The molecule has 1 heterocycles. The maximum atomic E-state index is 13.0. The Morgan fingerprint density at radius 1 is 1.12 bits per heavy atom. The highest BCUT2D eigenvalue weighted by atomic mass is 35.5. The number of nitrogens with zero attached hydrogens (tertiary/aromatic N) is 1. The number of hydrogen-bond acceptors (Lipinski definition) is 6. The number of carbonyl (C=O) groups is 2. The number of methoxy groups -OCH3 is 2. The molecule has 0 saturated carbocycles. The molecule has 1 amide bonds. The van der Waals surface area contributed by atoms with Crippen LogP contribution in [0.1, 0.15) is 24.1 Å². The standard InChI is InChI=1S/C23H23Cl2NO6/c1-4-32-15-7-5-13(6-8-15)19-18(21(28)23(29)26(19)9-10-30-2)20(27)16-11-14(24)12-17(25)22(16)31-3/h5-8,11-12,19,27H,4,9-10H2,1-3H3/b20-18+. The second-order valence-electron chi connectivity index (χ2n) is 6.96. The number of halogens is 2. The monoisotopic (exact) mass is 479 g/mol. The number of aliphatic hydroxyl groups excluding tert-OH is 1. The average Bonchev–Trinajstić information content (AvgIpc) is 3.02. The molecule has 1 N–H and O–H groups in total. The third-order valence-electron chi connectivity index (χ3n) is 5.05. The topological polar surface area (TPSA) is 85.3 Å². The first-order chi connectivity index (χ1) is 15.3. The Balaban J connectivity index is 2.21. The Labute approximate surface area is 196 Å². The summed E-state index contributed by atoms with van der Waals surface area (Å²) < 4.78 is 15.9. The molecule has 9 heteroatoms. The van der Waals surface area contributed by atoms with Crippen LogP contribution in [0.2, 0.25) is 10.0 Å². The lowest BCUT2D eigenvalue weighted by atomic mass is 9.95. The van der Waals surface area contributed by atoms with Crippen LogP contribution >= 0.6 is 23.2 Å². The van der Waals surface area contributed by atoms with Crippen LogP contribution in [-0.4, -0.2) is 55.7 Å². The van der Waals surface area contributed by atoms with Crippen molar-refractivity contribution >= 4 is 40.7 Å². The molecular formula is C23H23Cl2NO6. The van der Waals surface area contributed by atoms with Gasteiger partial charge in [0.2, 0.25) is 0 Å². The van der Waals surface area contributed by atoms with Crippen LogP contribution in [-0.2, 0) is 14.3 Å². The third kappa shape index (κ3) is 4.55. The summed E-state index contributed by atoms with van der Waals surface area (Å²) in [6, 6.07) is 9.02. The Morgan fingerprint density at radius 2 is 1.81 bits per heavy atom. The van der Waals surface area contributed by atoms with Crippen LogP contribution in [0.25, 0.3) is 5.76 Å². The maximum absolute atomic E-state index is 13.0. The zero-order valence-electron chi connectivity index (χ0n) is 17.9. The summed E-state index contributed by atoms with van der Waals surface area (Å²) in [6.45, 7) is 2.74. The number of hydrogen-bond donors (Lipinski definition) is 1. The molecule has 7 nitrogen and oxygen atoms in total. The second-order valence-corrected chi connectivity index (χ2v) is 7.80. The summed E-state index contributed by atoms with van der Waals surface area (Å²) in [5, 5.41) is 11.6. The lowest BCUT2D eigenvalue weighted by molar-refractivity contribution is -0.140. The van der Waals surface area contributed by atoms with Crippen molar-refractivity contribution in [3.8, 4) is 11.5 Å². The van der Waals surface area contributed by atoms with E-state index in [0.717, 1.165) is 0 Å². The molecule has 1 saturated heterocycles. The van der Waals surface area contributed by atoms with Crippen LogP contribution in [0.4, 0.5) is 0 Å². The number of carbonyl (C=O) groups excluding carboxylic acids is 2. The highest BCUT2D eigenvalue weighted by Crippen LogP contribution is 2.43. The van der Waals surface area contributed by atoms with E-state index in [1.54, 1.807) is 24.3 Å². The molecule has 0 spiro atoms. The molecule has 0 aliphatic carbocycles. The van der Waals surface area contributed by atoms with Crippen LogP contribution in [0.3, 0.4) is 0 Å². The molecule has 32 heavy (non-hydrogen) atoms. The van der Waals surface area contributed by atoms with Crippen molar-refractivity contribution in [1.29, 1.82) is 0 Å². The van der Waals surface area contributed by atoms with E-state index in [9.17, 15) is 14.7 Å². The first kappa shape index (κ1) is 23.9. The van der Waals surface area contributed by atoms with Crippen molar-refractivity contribution in [2.45, 2.75) is 13.0 Å². The van der Waals surface area contributed by atoms with Crippen molar-refractivity contribution in [1.82, 2.24) is 4.90 Å². The molecule has 170 valence electrons. The van der Waals surface area contributed by atoms with Crippen LogP contribution in [0, 0.1) is 0 Å². The highest BCUT2D eigenvalue weighted by molar-refractivity contribution is 6.46. The summed E-state index contributed by atoms with van der Waals surface area (Å²) in [7, 11) is 2.88. The predicted octanol–water partition coefficient (Wildman–Crippen LogP) is 4.47. The lowest BCUT2D eigenvalue weighted by Crippen LogP contribution is -2.32. The van der Waals surface area contributed by atoms with Gasteiger partial charge in [-0.1, -0.05) is 35.3 Å². The fourth-order valence-corrected chi connectivity index (χ4v) is 4.22. The van der Waals surface area contributed by atoms with E-state index in [0.29, 0.717) is 17.9 Å². The fraction of sp³-hybridized carbons (Fsp3) is 0.304. The van der Waals surface area contributed by atoms with Gasteiger partial charge >= 0.3 is 0 Å². The fourth-order valence-electron chi connectivity index (χ4n) is 3.65. The maximum Gasteiger partial charge on any atom is 0.295 e. The van der Waals surface area contributed by atoms with E-state index in [-0.39, 0.29) is 40.1 Å². The van der Waals surface area contributed by atoms with E-state index in [2.05, 4.69) is 0 Å². The lowest BCUT2D eigenvalue weighted by Gasteiger charge is -2.25. The Hall–Kier alpha value is -2.74. The number of ketones is 1. The zero-order valence-corrected chi connectivity index (χ0v) is 19.4. The molecule has 0 bridgehead atoms. The van der Waals surface area contributed by atoms with Crippen molar-refractivity contribution in [3.63, 3.8) is 0 Å². The van der Waals surface area contributed by atoms with Gasteiger partial charge in [-0.15, -0.1) is 0 Å². The first-order valence-electron chi connectivity index (χ1n) is 9.87. The first-order valence-corrected chi connectivity index (χ1v) is 10.6. The van der Waals surface area contributed by atoms with Gasteiger partial charge in [0.05, 0.1) is 42.5 Å². The molecule has 0 aromatic heterocycles. The quantitative estimate of drug-likeness (QED) is 0.341. The Morgan fingerprint density at radius 3 is 2.41 bits per heavy atom. The van der Waals surface area contributed by atoms with Crippen LogP contribution in [0.15, 0.2) is 42.0 Å². The number of aliphatic hydroxyl groups is 1. The Bertz CT molecular complexity index is 1050. The predicted molar refractivity (Wildman–Crippen MR) is 122 cm³/mol. The number of benzene rings is 2. The molecule has 3 rings (SSSR count). The van der Waals surface area contributed by atoms with Gasteiger partial charge in [0.25, 0.3) is 11.7 Å². The SMILES string of the molecule is CCOc1ccc(C2/C(=C(\O)c3cc(Cl)cc(Cl)c3OC)C(=O)C(=O)N2CCOC)cc1. The van der Waals surface area contributed by atoms with E-state index >= 15 is 0 Å². The van der Waals surface area contributed by atoms with Gasteiger partial charge < -0.3 is 24.2 Å². The van der Waals surface area contributed by atoms with E-state index in [1.165, 1.54) is 31.3 Å². The normalized spacial score (nSPS) is 17.7. The number of ether oxygens (including phenoxy) is 3. The van der Waals surface area contributed by atoms with Crippen LogP contribution in [0.5, 0.6) is 11.5 Å². The number of Topliss-reactive ketones (excluding diaryl/α,β-unsaturated/α-hetero) is 1. The number of rotatable bonds is 8. The highest BCUT2D eigenvalue weighted by Gasteiger charge is 2.46. The van der Waals surface area contributed by atoms with Crippen molar-refractivity contribution < 1.29 is 28.9 Å². The largest absolute Gasteiger partial charge is 0.507 e. The number of amides is 1. The van der Waals surface area contributed by atoms with E-state index in [4.69, 9.17) is 37.4 Å². The average molecular weight is 480 g/mol. The molecule has 1 fully saturated rings. The summed E-state index contributed by atoms with van der Waals surface area (Å²) >= 11 is 12.3. The molecule has 1 aliphatic rings. The van der Waals surface area contributed by atoms with Gasteiger partial charge in [-0.2, -0.15) is 0 Å². The van der Waals surface area contributed by atoms with Gasteiger partial charge in [-0.05, 0) is 36.8 Å². The molecule has 1 aliphatic heterocycles. The second kappa shape index (κ2) is 10.3.